The lowest BCUT2D eigenvalue weighted by Crippen LogP contribution is -2.47. The number of para-hydroxylation sites is 1. The van der Waals surface area contributed by atoms with Crippen molar-refractivity contribution in [3.63, 3.8) is 0 Å². The van der Waals surface area contributed by atoms with E-state index in [0.717, 1.165) is 29.1 Å². The first kappa shape index (κ1) is 22.9. The average molecular weight is 450 g/mol. The molecular formula is C21H27N3O6S. The van der Waals surface area contributed by atoms with E-state index in [-0.39, 0.29) is 36.3 Å². The van der Waals surface area contributed by atoms with Crippen LogP contribution in [0.4, 0.5) is 4.79 Å². The molecule has 2 aliphatic rings. The molecule has 2 unspecified atom stereocenters. The largest absolute Gasteiger partial charge is 0.495 e. The van der Waals surface area contributed by atoms with Crippen LogP contribution >= 0.6 is 0 Å². The Balaban J connectivity index is 1.89. The van der Waals surface area contributed by atoms with Crippen molar-refractivity contribution in [3.05, 3.63) is 24.3 Å². The van der Waals surface area contributed by atoms with Gasteiger partial charge in [-0.05, 0) is 37.8 Å². The van der Waals surface area contributed by atoms with Gasteiger partial charge in [0.25, 0.3) is 5.91 Å². The molecule has 1 aliphatic heterocycles. The Morgan fingerprint density at radius 2 is 2.00 bits per heavy atom. The number of nitriles is 1. The summed E-state index contributed by atoms with van der Waals surface area (Å²) >= 11 is 0. The van der Waals surface area contributed by atoms with E-state index < -0.39 is 33.1 Å². The third kappa shape index (κ3) is 4.77. The molecule has 1 saturated carbocycles. The molecule has 1 saturated heterocycles. The fourth-order valence-electron chi connectivity index (χ4n) is 3.68. The first-order chi connectivity index (χ1) is 14.8. The maximum atomic E-state index is 13.3. The topological polar surface area (TPSA) is 117 Å². The van der Waals surface area contributed by atoms with Crippen molar-refractivity contribution in [2.45, 2.75) is 61.3 Å². The molecule has 0 N–H and O–H groups in total. The van der Waals surface area contributed by atoms with E-state index in [9.17, 15) is 23.3 Å². The summed E-state index contributed by atoms with van der Waals surface area (Å²) in [4.78, 5) is 28.0. The average Bonchev–Trinajstić information content (AvgIpc) is 3.49. The molecule has 9 nitrogen and oxygen atoms in total. The third-order valence-corrected chi connectivity index (χ3v) is 7.75. The predicted octanol–water partition coefficient (Wildman–Crippen LogP) is 2.32. The van der Waals surface area contributed by atoms with Gasteiger partial charge in [0.15, 0.2) is 16.0 Å². The number of carbonyl (C=O) groups excluding carboxylic acids is 2. The van der Waals surface area contributed by atoms with Crippen LogP contribution in [0.15, 0.2) is 29.2 Å². The molecule has 2 atom stereocenters. The molecular weight excluding hydrogens is 422 g/mol. The smallest absolute Gasteiger partial charge is 0.410 e. The highest BCUT2D eigenvalue weighted by Gasteiger charge is 2.49. The van der Waals surface area contributed by atoms with E-state index in [1.165, 1.54) is 13.2 Å². The monoisotopic (exact) mass is 449 g/mol. The summed E-state index contributed by atoms with van der Waals surface area (Å²) in [6, 6.07) is 5.00. The first-order valence-corrected chi connectivity index (χ1v) is 11.9. The van der Waals surface area contributed by atoms with Gasteiger partial charge in [0, 0.05) is 12.6 Å². The maximum absolute atomic E-state index is 13.3. The van der Waals surface area contributed by atoms with Gasteiger partial charge in [-0.2, -0.15) is 5.26 Å². The number of ether oxygens (including phenoxy) is 2. The molecule has 31 heavy (non-hydrogen) atoms. The molecule has 1 heterocycles. The molecule has 1 aliphatic carbocycles. The van der Waals surface area contributed by atoms with Gasteiger partial charge in [0.2, 0.25) is 0 Å². The van der Waals surface area contributed by atoms with Gasteiger partial charge in [-0.15, -0.1) is 0 Å². The lowest BCUT2D eigenvalue weighted by molar-refractivity contribution is -0.132. The lowest BCUT2D eigenvalue weighted by Gasteiger charge is -2.25. The fraction of sp³-hybridized carbons (Fsp3) is 0.571. The number of amides is 2. The van der Waals surface area contributed by atoms with Crippen LogP contribution in [0.25, 0.3) is 0 Å². The van der Waals surface area contributed by atoms with Gasteiger partial charge in [0.1, 0.15) is 16.7 Å². The second kappa shape index (κ2) is 9.56. The zero-order valence-corrected chi connectivity index (χ0v) is 18.5. The van der Waals surface area contributed by atoms with Crippen molar-refractivity contribution in [3.8, 4) is 11.9 Å². The van der Waals surface area contributed by atoms with Crippen LogP contribution in [-0.2, 0) is 19.4 Å². The second-order valence-corrected chi connectivity index (χ2v) is 9.93. The van der Waals surface area contributed by atoms with E-state index >= 15 is 0 Å². The lowest BCUT2D eigenvalue weighted by atomic mass is 10.2. The maximum Gasteiger partial charge on any atom is 0.410 e. The van der Waals surface area contributed by atoms with E-state index in [1.54, 1.807) is 18.2 Å². The first-order valence-electron chi connectivity index (χ1n) is 10.4. The van der Waals surface area contributed by atoms with Crippen LogP contribution in [0.1, 0.15) is 39.0 Å². The number of carbonyl (C=O) groups is 2. The third-order valence-electron chi connectivity index (χ3n) is 5.58. The molecule has 168 valence electrons. The quantitative estimate of drug-likeness (QED) is 0.340. The number of hydrogen-bond donors (Lipinski definition) is 0. The summed E-state index contributed by atoms with van der Waals surface area (Å²) in [6.45, 7) is 1.94. The number of methoxy groups -OCH3 is 1. The Labute approximate surface area is 182 Å². The minimum atomic E-state index is -3.90. The summed E-state index contributed by atoms with van der Waals surface area (Å²) in [6.07, 6.45) is 3.97. The summed E-state index contributed by atoms with van der Waals surface area (Å²) < 4.78 is 37.2. The van der Waals surface area contributed by atoms with Crippen LogP contribution in [0, 0.1) is 11.5 Å². The molecule has 1 aromatic rings. The van der Waals surface area contributed by atoms with Crippen molar-refractivity contribution in [1.29, 1.82) is 5.26 Å². The van der Waals surface area contributed by atoms with Crippen LogP contribution in [0.3, 0.4) is 0 Å². The molecule has 3 rings (SSSR count). The summed E-state index contributed by atoms with van der Waals surface area (Å²) in [5.74, 6) is -0.360. The van der Waals surface area contributed by atoms with Crippen molar-refractivity contribution in [2.24, 2.45) is 0 Å². The molecule has 1 aromatic carbocycles. The number of rotatable bonds is 8. The predicted molar refractivity (Wildman–Crippen MR) is 111 cm³/mol. The SMILES string of the molecule is CCCCOC(=O)N1CC(S(=O)(=O)c2ccccc2OC)CC1C(=O)N(C#N)C1CC1. The summed E-state index contributed by atoms with van der Waals surface area (Å²) in [5.41, 5.74) is 0. The van der Waals surface area contributed by atoms with Crippen molar-refractivity contribution >= 4 is 21.8 Å². The minimum absolute atomic E-state index is 0.00855. The van der Waals surface area contributed by atoms with Crippen molar-refractivity contribution in [1.82, 2.24) is 9.80 Å². The number of hydrogen-bond acceptors (Lipinski definition) is 7. The minimum Gasteiger partial charge on any atom is -0.495 e. The van der Waals surface area contributed by atoms with Gasteiger partial charge in [0.05, 0.1) is 19.0 Å². The van der Waals surface area contributed by atoms with Gasteiger partial charge < -0.3 is 9.47 Å². The van der Waals surface area contributed by atoms with Gasteiger partial charge in [-0.1, -0.05) is 25.5 Å². The number of sulfone groups is 1. The van der Waals surface area contributed by atoms with Crippen molar-refractivity contribution < 1.29 is 27.5 Å². The van der Waals surface area contributed by atoms with Crippen molar-refractivity contribution in [2.75, 3.05) is 20.3 Å². The molecule has 2 fully saturated rings. The highest BCUT2D eigenvalue weighted by atomic mass is 32.2. The standard InChI is InChI=1S/C21H27N3O6S/c1-3-4-11-30-21(26)23-13-16(12-17(23)20(25)24(14-22)15-9-10-15)31(27,28)19-8-6-5-7-18(19)29-2/h5-8,15-17H,3-4,9-13H2,1-2H3. The molecule has 0 aromatic heterocycles. The zero-order valence-electron chi connectivity index (χ0n) is 17.7. The molecule has 0 spiro atoms. The normalized spacial score (nSPS) is 20.7. The van der Waals surface area contributed by atoms with Gasteiger partial charge in [-0.25, -0.2) is 18.1 Å². The van der Waals surface area contributed by atoms with E-state index in [0.29, 0.717) is 6.42 Å². The van der Waals surface area contributed by atoms with Crippen LogP contribution < -0.4 is 4.74 Å². The molecule has 0 radical (unpaired) electrons. The Bertz CT molecular complexity index is 970. The summed E-state index contributed by atoms with van der Waals surface area (Å²) in [5, 5.41) is 8.41. The molecule has 0 bridgehead atoms. The highest BCUT2D eigenvalue weighted by Crippen LogP contribution is 2.35. The van der Waals surface area contributed by atoms with Crippen LogP contribution in [0.2, 0.25) is 0 Å². The Morgan fingerprint density at radius 1 is 1.29 bits per heavy atom. The Kier molecular flexibility index (Phi) is 7.05. The zero-order chi connectivity index (χ0) is 22.6. The molecule has 10 heteroatoms. The van der Waals surface area contributed by atoms with Crippen LogP contribution in [0.5, 0.6) is 5.75 Å². The van der Waals surface area contributed by atoms with E-state index in [1.807, 2.05) is 13.1 Å². The van der Waals surface area contributed by atoms with Crippen LogP contribution in [-0.4, -0.2) is 67.8 Å². The van der Waals surface area contributed by atoms with Gasteiger partial charge >= 0.3 is 6.09 Å². The Morgan fingerprint density at radius 3 is 2.61 bits per heavy atom. The molecule has 2 amide bonds. The van der Waals surface area contributed by atoms with E-state index in [4.69, 9.17) is 9.47 Å². The van der Waals surface area contributed by atoms with Gasteiger partial charge in [-0.3, -0.25) is 9.69 Å². The number of nitrogens with zero attached hydrogens (tertiary/aromatic N) is 3. The van der Waals surface area contributed by atoms with E-state index in [2.05, 4.69) is 0 Å². The fourth-order valence-corrected chi connectivity index (χ4v) is 5.53. The highest BCUT2D eigenvalue weighted by molar-refractivity contribution is 7.92. The number of likely N-dealkylation sites (tertiary alicyclic amines) is 1. The Hall–Kier alpha value is -2.80. The number of benzene rings is 1. The second-order valence-electron chi connectivity index (χ2n) is 7.73. The number of unbranched alkanes of at least 4 members (excludes halogenated alkanes) is 1. The summed E-state index contributed by atoms with van der Waals surface area (Å²) in [7, 11) is -2.52.